The van der Waals surface area contributed by atoms with Gasteiger partial charge in [-0.1, -0.05) is 47.1 Å². The number of hydrogen-bond acceptors (Lipinski definition) is 6. The average molecular weight is 534 g/mol. The Morgan fingerprint density at radius 3 is 2.55 bits per heavy atom. The molecule has 2 heterocycles. The molecule has 192 valence electrons. The summed E-state index contributed by atoms with van der Waals surface area (Å²) in [6.45, 7) is 0.201. The maximum atomic E-state index is 14.5. The highest BCUT2D eigenvalue weighted by molar-refractivity contribution is 6.30. The quantitative estimate of drug-likeness (QED) is 0.359. The van der Waals surface area contributed by atoms with Crippen molar-refractivity contribution in [2.45, 2.75) is 18.9 Å². The lowest BCUT2D eigenvalue weighted by atomic mass is 9.87. The molecule has 0 bridgehead atoms. The molecule has 3 N–H and O–H groups in total. The van der Waals surface area contributed by atoms with Gasteiger partial charge >= 0.3 is 5.97 Å². The van der Waals surface area contributed by atoms with Gasteiger partial charge in [-0.3, -0.25) is 9.59 Å². The van der Waals surface area contributed by atoms with Gasteiger partial charge in [0.1, 0.15) is 11.7 Å². The topological polar surface area (TPSA) is 131 Å². The van der Waals surface area contributed by atoms with E-state index in [1.165, 1.54) is 35.4 Å². The van der Waals surface area contributed by atoms with Gasteiger partial charge in [0.05, 0.1) is 16.8 Å². The molecule has 11 heteroatoms. The van der Waals surface area contributed by atoms with Crippen molar-refractivity contribution in [2.24, 2.45) is 0 Å². The number of nitrogens with zero attached hydrogens (tertiary/aromatic N) is 4. The molecule has 0 fully saturated rings. The number of halogens is 2. The van der Waals surface area contributed by atoms with E-state index in [0.29, 0.717) is 23.2 Å². The Bertz CT molecular complexity index is 1570. The van der Waals surface area contributed by atoms with Crippen molar-refractivity contribution in [1.29, 1.82) is 0 Å². The minimum Gasteiger partial charge on any atom is -0.478 e. The van der Waals surface area contributed by atoms with Gasteiger partial charge in [-0.2, -0.15) is 0 Å². The standard InChI is InChI=1S/C27H21ClFN5O4/c28-19-4-2-6-22(24(19)29)34-14-21(31-32-34)26(36)33-12-11-17-18(3-1-5-20(17)30)25(33)23(35)13-15-7-9-16(10-8-15)27(37)38/h1-10,14,25H,11-13,30H2,(H,37,38). The number of carbonyl (C=O) groups is 3. The van der Waals surface area contributed by atoms with Crippen LogP contribution in [-0.2, 0) is 17.6 Å². The molecule has 3 aromatic carbocycles. The maximum Gasteiger partial charge on any atom is 0.335 e. The van der Waals surface area contributed by atoms with Crippen LogP contribution >= 0.6 is 11.6 Å². The average Bonchev–Trinajstić information content (AvgIpc) is 3.40. The molecule has 9 nitrogen and oxygen atoms in total. The van der Waals surface area contributed by atoms with Crippen LogP contribution in [0.25, 0.3) is 5.69 Å². The van der Waals surface area contributed by atoms with Crippen LogP contribution in [0.5, 0.6) is 0 Å². The van der Waals surface area contributed by atoms with Gasteiger partial charge < -0.3 is 15.7 Å². The predicted octanol–water partition coefficient (Wildman–Crippen LogP) is 3.89. The third kappa shape index (κ3) is 4.61. The fourth-order valence-electron chi connectivity index (χ4n) is 4.62. The number of amides is 1. The van der Waals surface area contributed by atoms with E-state index in [1.54, 1.807) is 36.4 Å². The number of ketones is 1. The van der Waals surface area contributed by atoms with Crippen molar-refractivity contribution < 1.29 is 23.9 Å². The molecule has 1 aliphatic heterocycles. The number of nitrogen functional groups attached to an aromatic ring is 1. The lowest BCUT2D eigenvalue weighted by Crippen LogP contribution is -2.44. The van der Waals surface area contributed by atoms with Crippen molar-refractivity contribution in [3.8, 4) is 5.69 Å². The van der Waals surface area contributed by atoms with Crippen LogP contribution in [0.1, 0.15) is 43.6 Å². The maximum absolute atomic E-state index is 14.5. The van der Waals surface area contributed by atoms with Crippen LogP contribution in [0, 0.1) is 5.82 Å². The molecular weight excluding hydrogens is 513 g/mol. The molecule has 1 amide bonds. The van der Waals surface area contributed by atoms with Crippen LogP contribution < -0.4 is 5.73 Å². The largest absolute Gasteiger partial charge is 0.478 e. The SMILES string of the molecule is Nc1cccc2c1CCN(C(=O)c1cn(-c3cccc(Cl)c3F)nn1)C2C(=O)Cc1ccc(C(=O)O)cc1. The van der Waals surface area contributed by atoms with Gasteiger partial charge in [-0.05, 0) is 53.4 Å². The third-order valence-electron chi connectivity index (χ3n) is 6.49. The van der Waals surface area contributed by atoms with Crippen molar-refractivity contribution in [1.82, 2.24) is 19.9 Å². The third-order valence-corrected chi connectivity index (χ3v) is 6.78. The molecule has 0 saturated carbocycles. The van der Waals surface area contributed by atoms with E-state index in [-0.39, 0.29) is 40.7 Å². The van der Waals surface area contributed by atoms with Crippen LogP contribution in [0.3, 0.4) is 0 Å². The normalized spacial score (nSPS) is 14.7. The fourth-order valence-corrected chi connectivity index (χ4v) is 4.79. The summed E-state index contributed by atoms with van der Waals surface area (Å²) in [5, 5.41) is 16.9. The first-order chi connectivity index (χ1) is 18.2. The molecule has 0 radical (unpaired) electrons. The predicted molar refractivity (Wildman–Crippen MR) is 137 cm³/mol. The zero-order valence-corrected chi connectivity index (χ0v) is 20.6. The highest BCUT2D eigenvalue weighted by Crippen LogP contribution is 2.35. The summed E-state index contributed by atoms with van der Waals surface area (Å²) >= 11 is 5.87. The van der Waals surface area contributed by atoms with Crippen LogP contribution in [0.15, 0.2) is 66.9 Å². The van der Waals surface area contributed by atoms with E-state index < -0.39 is 23.7 Å². The monoisotopic (exact) mass is 533 g/mol. The Kier molecular flexibility index (Phi) is 6.64. The molecule has 38 heavy (non-hydrogen) atoms. The number of aromatic nitrogens is 3. The molecule has 1 unspecified atom stereocenters. The zero-order valence-electron chi connectivity index (χ0n) is 19.8. The van der Waals surface area contributed by atoms with E-state index >= 15 is 0 Å². The highest BCUT2D eigenvalue weighted by Gasteiger charge is 2.37. The lowest BCUT2D eigenvalue weighted by Gasteiger charge is -2.36. The lowest BCUT2D eigenvalue weighted by molar-refractivity contribution is -0.123. The molecule has 4 aromatic rings. The Labute approximate surface area is 221 Å². The van der Waals surface area contributed by atoms with Gasteiger partial charge in [-0.15, -0.1) is 5.10 Å². The highest BCUT2D eigenvalue weighted by atomic mass is 35.5. The molecule has 0 spiro atoms. The molecular formula is C27H21ClFN5O4. The smallest absolute Gasteiger partial charge is 0.335 e. The van der Waals surface area contributed by atoms with Crippen molar-refractivity contribution in [2.75, 3.05) is 12.3 Å². The first-order valence-electron chi connectivity index (χ1n) is 11.6. The van der Waals surface area contributed by atoms with E-state index in [0.717, 1.165) is 10.2 Å². The summed E-state index contributed by atoms with van der Waals surface area (Å²) in [7, 11) is 0. The number of benzene rings is 3. The summed E-state index contributed by atoms with van der Waals surface area (Å²) in [6.07, 6.45) is 1.68. The minimum atomic E-state index is -1.07. The number of anilines is 1. The molecule has 0 aliphatic carbocycles. The number of nitrogens with two attached hydrogens (primary N) is 1. The van der Waals surface area contributed by atoms with E-state index in [1.807, 2.05) is 0 Å². The summed E-state index contributed by atoms with van der Waals surface area (Å²) in [5.74, 6) is -2.60. The molecule has 1 aromatic heterocycles. The fraction of sp³-hybridized carbons (Fsp3) is 0.148. The summed E-state index contributed by atoms with van der Waals surface area (Å²) in [4.78, 5) is 39.9. The number of hydrogen-bond donors (Lipinski definition) is 2. The van der Waals surface area contributed by atoms with Crippen LogP contribution in [0.4, 0.5) is 10.1 Å². The number of rotatable bonds is 6. The first-order valence-corrected chi connectivity index (χ1v) is 12.0. The number of Topliss-reactive ketones (excluding diaryl/α,β-unsaturated/α-hetero) is 1. The van der Waals surface area contributed by atoms with E-state index in [4.69, 9.17) is 22.4 Å². The van der Waals surface area contributed by atoms with Crippen molar-refractivity contribution >= 4 is 34.9 Å². The number of carboxylic acid groups (broad SMARTS) is 1. The molecule has 5 rings (SSSR count). The van der Waals surface area contributed by atoms with Crippen molar-refractivity contribution in [3.05, 3.63) is 106 Å². The van der Waals surface area contributed by atoms with Gasteiger partial charge in [0.2, 0.25) is 0 Å². The summed E-state index contributed by atoms with van der Waals surface area (Å²) in [5.41, 5.74) is 8.79. The number of fused-ring (bicyclic) bond motifs is 1. The molecule has 0 saturated heterocycles. The van der Waals surface area contributed by atoms with Gasteiger partial charge in [0, 0.05) is 18.7 Å². The van der Waals surface area contributed by atoms with E-state index in [9.17, 15) is 18.8 Å². The van der Waals surface area contributed by atoms with Crippen molar-refractivity contribution in [3.63, 3.8) is 0 Å². The second-order valence-corrected chi connectivity index (χ2v) is 9.24. The van der Waals surface area contributed by atoms with Crippen LogP contribution in [0.2, 0.25) is 5.02 Å². The number of carbonyl (C=O) groups excluding carboxylic acids is 2. The second kappa shape index (κ2) is 10.1. The zero-order chi connectivity index (χ0) is 27.0. The Morgan fingerprint density at radius 1 is 1.08 bits per heavy atom. The van der Waals surface area contributed by atoms with Crippen LogP contribution in [-0.4, -0.2) is 49.2 Å². The number of carboxylic acids is 1. The Hall–Kier alpha value is -4.57. The Balaban J connectivity index is 1.48. The number of aromatic carboxylic acids is 1. The summed E-state index contributed by atoms with van der Waals surface area (Å²) < 4.78 is 15.6. The van der Waals surface area contributed by atoms with E-state index in [2.05, 4.69) is 10.3 Å². The summed E-state index contributed by atoms with van der Waals surface area (Å²) in [6, 6.07) is 14.7. The van der Waals surface area contributed by atoms with Gasteiger partial charge in [-0.25, -0.2) is 13.9 Å². The van der Waals surface area contributed by atoms with Gasteiger partial charge in [0.15, 0.2) is 17.3 Å². The van der Waals surface area contributed by atoms with Gasteiger partial charge in [0.25, 0.3) is 5.91 Å². The second-order valence-electron chi connectivity index (χ2n) is 8.83. The first kappa shape index (κ1) is 25.1. The molecule has 1 atom stereocenters. The Morgan fingerprint density at radius 2 is 1.82 bits per heavy atom. The minimum absolute atomic E-state index is 0.0262. The molecule has 1 aliphatic rings.